The van der Waals surface area contributed by atoms with E-state index in [0.29, 0.717) is 0 Å². The molecule has 0 saturated heterocycles. The highest BCUT2D eigenvalue weighted by Gasteiger charge is 2.29. The van der Waals surface area contributed by atoms with Crippen molar-refractivity contribution in [2.75, 3.05) is 4.90 Å². The SMILES string of the molecule is c1ccc2c(c1)-c1cc3c4cnccc4oc3c3cccc(c13)N2c1cccc2c1oc1ccccc12. The Balaban J connectivity index is 1.45. The zero-order valence-electron chi connectivity index (χ0n) is 19.6. The van der Waals surface area contributed by atoms with Crippen molar-refractivity contribution >= 4 is 71.7 Å². The summed E-state index contributed by atoms with van der Waals surface area (Å²) in [7, 11) is 0. The van der Waals surface area contributed by atoms with Gasteiger partial charge in [0.1, 0.15) is 16.7 Å². The summed E-state index contributed by atoms with van der Waals surface area (Å²) in [5.41, 5.74) is 9.16. The fourth-order valence-electron chi connectivity index (χ4n) is 6.13. The molecule has 0 N–H and O–H groups in total. The Hall–Kier alpha value is -5.09. The van der Waals surface area contributed by atoms with E-state index in [9.17, 15) is 0 Å². The molecule has 172 valence electrons. The molecule has 1 aliphatic heterocycles. The van der Waals surface area contributed by atoms with Crippen molar-refractivity contribution in [2.24, 2.45) is 0 Å². The highest BCUT2D eigenvalue weighted by molar-refractivity contribution is 6.25. The third-order valence-corrected chi connectivity index (χ3v) is 7.67. The largest absolute Gasteiger partial charge is 0.455 e. The van der Waals surface area contributed by atoms with Gasteiger partial charge in [-0.25, -0.2) is 0 Å². The maximum Gasteiger partial charge on any atom is 0.159 e. The average Bonchev–Trinajstić information content (AvgIpc) is 3.52. The van der Waals surface area contributed by atoms with E-state index in [1.807, 2.05) is 24.4 Å². The standard InChI is InChI=1S/C33H18N2O2/c1-3-11-26-19(7-1)23-17-24-25-18-34-16-15-30(25)36-32(24)22-10-6-12-27(31(22)23)35(26)28-13-5-9-21-20-8-2-4-14-29(20)37-33(21)28/h1-18H. The van der Waals surface area contributed by atoms with E-state index in [4.69, 9.17) is 8.83 Å². The van der Waals surface area contributed by atoms with Gasteiger partial charge in [0.25, 0.3) is 0 Å². The lowest BCUT2D eigenvalue weighted by Gasteiger charge is -2.33. The van der Waals surface area contributed by atoms with Crippen molar-refractivity contribution in [3.63, 3.8) is 0 Å². The van der Waals surface area contributed by atoms with Crippen LogP contribution in [0.3, 0.4) is 0 Å². The first-order chi connectivity index (χ1) is 18.4. The zero-order chi connectivity index (χ0) is 24.1. The Bertz CT molecular complexity index is 2220. The Morgan fingerprint density at radius 1 is 0.514 bits per heavy atom. The van der Waals surface area contributed by atoms with E-state index in [1.54, 1.807) is 6.20 Å². The highest BCUT2D eigenvalue weighted by Crippen LogP contribution is 2.54. The maximum absolute atomic E-state index is 6.48. The predicted molar refractivity (Wildman–Crippen MR) is 150 cm³/mol. The first-order valence-corrected chi connectivity index (χ1v) is 12.4. The number of furan rings is 2. The molecule has 0 aliphatic carbocycles. The van der Waals surface area contributed by atoms with Crippen molar-refractivity contribution in [3.8, 4) is 11.1 Å². The lowest BCUT2D eigenvalue weighted by molar-refractivity contribution is 0.669. The average molecular weight is 475 g/mol. The lowest BCUT2D eigenvalue weighted by Crippen LogP contribution is -2.15. The molecule has 0 bridgehead atoms. The third kappa shape index (κ3) is 2.39. The molecule has 0 unspecified atom stereocenters. The summed E-state index contributed by atoms with van der Waals surface area (Å²) in [6.45, 7) is 0. The van der Waals surface area contributed by atoms with Gasteiger partial charge in [0.05, 0.1) is 17.1 Å². The zero-order valence-corrected chi connectivity index (χ0v) is 19.6. The van der Waals surface area contributed by atoms with Crippen molar-refractivity contribution in [3.05, 3.63) is 109 Å². The molecule has 4 heteroatoms. The minimum Gasteiger partial charge on any atom is -0.455 e. The molecule has 37 heavy (non-hydrogen) atoms. The number of benzene rings is 5. The second kappa shape index (κ2) is 6.77. The molecular weight excluding hydrogens is 456 g/mol. The molecular formula is C33H18N2O2. The molecule has 0 fully saturated rings. The van der Waals surface area contributed by atoms with Crippen LogP contribution in [0.2, 0.25) is 0 Å². The fraction of sp³-hybridized carbons (Fsp3) is 0. The summed E-state index contributed by atoms with van der Waals surface area (Å²) in [6.07, 6.45) is 3.68. The van der Waals surface area contributed by atoms with Gasteiger partial charge in [0.15, 0.2) is 5.58 Å². The normalized spacial score (nSPS) is 12.8. The van der Waals surface area contributed by atoms with Crippen LogP contribution in [0.15, 0.2) is 118 Å². The van der Waals surface area contributed by atoms with Gasteiger partial charge in [-0.05, 0) is 42.0 Å². The van der Waals surface area contributed by atoms with Crippen LogP contribution in [0.1, 0.15) is 0 Å². The van der Waals surface area contributed by atoms with Crippen LogP contribution < -0.4 is 4.90 Å². The van der Waals surface area contributed by atoms with Crippen molar-refractivity contribution in [1.82, 2.24) is 4.98 Å². The summed E-state index contributed by atoms with van der Waals surface area (Å²) in [6, 6.07) is 33.9. The summed E-state index contributed by atoms with van der Waals surface area (Å²) >= 11 is 0. The molecule has 0 saturated carbocycles. The Kier molecular flexibility index (Phi) is 3.50. The van der Waals surface area contributed by atoms with Gasteiger partial charge >= 0.3 is 0 Å². The fourth-order valence-corrected chi connectivity index (χ4v) is 6.13. The molecule has 9 rings (SSSR count). The number of aromatic nitrogens is 1. The van der Waals surface area contributed by atoms with Gasteiger partial charge in [-0.2, -0.15) is 0 Å². The van der Waals surface area contributed by atoms with Crippen molar-refractivity contribution < 1.29 is 8.83 Å². The van der Waals surface area contributed by atoms with Crippen LogP contribution in [0, 0.1) is 0 Å². The first-order valence-electron chi connectivity index (χ1n) is 12.4. The third-order valence-electron chi connectivity index (χ3n) is 7.67. The molecule has 4 heterocycles. The van der Waals surface area contributed by atoms with Crippen molar-refractivity contribution in [1.29, 1.82) is 0 Å². The van der Waals surface area contributed by atoms with Gasteiger partial charge in [-0.15, -0.1) is 0 Å². The van der Waals surface area contributed by atoms with E-state index >= 15 is 0 Å². The molecule has 8 aromatic rings. The summed E-state index contributed by atoms with van der Waals surface area (Å²) < 4.78 is 12.9. The van der Waals surface area contributed by atoms with Gasteiger partial charge in [0, 0.05) is 50.3 Å². The highest BCUT2D eigenvalue weighted by atomic mass is 16.3. The van der Waals surface area contributed by atoms with E-state index < -0.39 is 0 Å². The van der Waals surface area contributed by atoms with Crippen LogP contribution >= 0.6 is 0 Å². The van der Waals surface area contributed by atoms with E-state index in [0.717, 1.165) is 66.3 Å². The summed E-state index contributed by atoms with van der Waals surface area (Å²) in [4.78, 5) is 6.71. The lowest BCUT2D eigenvalue weighted by atomic mass is 9.89. The van der Waals surface area contributed by atoms with Gasteiger partial charge in [-0.1, -0.05) is 60.7 Å². The number of hydrogen-bond acceptors (Lipinski definition) is 4. The quantitative estimate of drug-likeness (QED) is 0.238. The Labute approximate surface area is 211 Å². The maximum atomic E-state index is 6.48. The molecule has 0 radical (unpaired) electrons. The molecule has 3 aromatic heterocycles. The molecule has 0 amide bonds. The Morgan fingerprint density at radius 2 is 1.24 bits per heavy atom. The van der Waals surface area contributed by atoms with Crippen LogP contribution in [0.25, 0.3) is 65.8 Å². The van der Waals surface area contributed by atoms with Crippen molar-refractivity contribution in [2.45, 2.75) is 0 Å². The molecule has 0 atom stereocenters. The second-order valence-corrected chi connectivity index (χ2v) is 9.58. The molecule has 0 spiro atoms. The first kappa shape index (κ1) is 19.1. The van der Waals surface area contributed by atoms with Gasteiger partial charge < -0.3 is 13.7 Å². The van der Waals surface area contributed by atoms with Crippen LogP contribution in [-0.2, 0) is 0 Å². The minimum atomic E-state index is 0.852. The molecule has 5 aromatic carbocycles. The Morgan fingerprint density at radius 3 is 2.22 bits per heavy atom. The topological polar surface area (TPSA) is 42.4 Å². The second-order valence-electron chi connectivity index (χ2n) is 9.58. The number of para-hydroxylation sites is 3. The van der Waals surface area contributed by atoms with Crippen LogP contribution in [0.5, 0.6) is 0 Å². The predicted octanol–water partition coefficient (Wildman–Crippen LogP) is 9.48. The molecule has 1 aliphatic rings. The van der Waals surface area contributed by atoms with Crippen LogP contribution in [-0.4, -0.2) is 4.98 Å². The summed E-state index contributed by atoms with van der Waals surface area (Å²) in [5, 5.41) is 6.63. The molecule has 4 nitrogen and oxygen atoms in total. The van der Waals surface area contributed by atoms with E-state index in [2.05, 4.69) is 88.7 Å². The monoisotopic (exact) mass is 474 g/mol. The van der Waals surface area contributed by atoms with E-state index in [1.165, 1.54) is 16.5 Å². The van der Waals surface area contributed by atoms with E-state index in [-0.39, 0.29) is 0 Å². The van der Waals surface area contributed by atoms with Gasteiger partial charge in [0.2, 0.25) is 0 Å². The number of nitrogens with zero attached hydrogens (tertiary/aromatic N) is 2. The van der Waals surface area contributed by atoms with Gasteiger partial charge in [-0.3, -0.25) is 4.98 Å². The number of fused-ring (bicyclic) bond motifs is 9. The number of hydrogen-bond donors (Lipinski definition) is 0. The number of rotatable bonds is 1. The summed E-state index contributed by atoms with van der Waals surface area (Å²) in [5.74, 6) is 0. The smallest absolute Gasteiger partial charge is 0.159 e. The number of pyridine rings is 1. The van der Waals surface area contributed by atoms with Crippen LogP contribution in [0.4, 0.5) is 17.1 Å². The minimum absolute atomic E-state index is 0.852. The number of anilines is 3.